The topological polar surface area (TPSA) is 74.6 Å². The molecule has 120 valence electrons. The molecule has 1 aromatic heterocycles. The summed E-state index contributed by atoms with van der Waals surface area (Å²) >= 11 is 1.35. The molecule has 2 N–H and O–H groups in total. The first kappa shape index (κ1) is 16.0. The molecule has 1 amide bonds. The lowest BCUT2D eigenvalue weighted by atomic mass is 10.2. The normalized spacial score (nSPS) is 11.0. The van der Waals surface area contributed by atoms with Crippen LogP contribution in [0, 0.1) is 0 Å². The molecule has 1 heterocycles. The molecule has 2 aromatic carbocycles. The highest BCUT2D eigenvalue weighted by molar-refractivity contribution is 7.99. The van der Waals surface area contributed by atoms with Gasteiger partial charge in [0.05, 0.1) is 22.5 Å². The maximum atomic E-state index is 11.8. The number of pyridine rings is 1. The van der Waals surface area contributed by atoms with Gasteiger partial charge in [-0.15, -0.1) is 0 Å². The number of hydrogen-bond donors (Lipinski definition) is 2. The Hall–Kier alpha value is -2.86. The molecule has 0 aliphatic carbocycles. The van der Waals surface area contributed by atoms with Crippen molar-refractivity contribution < 1.29 is 9.90 Å². The van der Waals surface area contributed by atoms with Gasteiger partial charge in [-0.05, 0) is 24.3 Å². The molecule has 0 saturated carbocycles. The van der Waals surface area contributed by atoms with Crippen LogP contribution < -0.4 is 5.43 Å². The molecule has 0 atom stereocenters. The number of carbonyl (C=O) groups is 1. The summed E-state index contributed by atoms with van der Waals surface area (Å²) in [6.45, 7) is 0. The molecule has 0 radical (unpaired) electrons. The zero-order valence-corrected chi connectivity index (χ0v) is 13.5. The number of nitrogens with one attached hydrogen (secondary N) is 1. The summed E-state index contributed by atoms with van der Waals surface area (Å²) in [7, 11) is 0. The third-order valence-electron chi connectivity index (χ3n) is 3.25. The number of benzene rings is 2. The second-order valence-electron chi connectivity index (χ2n) is 4.98. The molecule has 6 heteroatoms. The number of carbonyl (C=O) groups excluding carboxylic acids is 1. The van der Waals surface area contributed by atoms with Crippen molar-refractivity contribution in [2.24, 2.45) is 5.10 Å². The first-order valence-electron chi connectivity index (χ1n) is 7.31. The van der Waals surface area contributed by atoms with Crippen molar-refractivity contribution in [2.45, 2.75) is 5.03 Å². The summed E-state index contributed by atoms with van der Waals surface area (Å²) in [4.78, 5) is 16.3. The standard InChI is InChI=1S/C18H15N3O2S/c22-16-8-4-2-6-14(16)11-19-21-17(23)12-24-18-10-9-13-5-1-3-7-15(13)20-18/h1-11,22H,12H2,(H,21,23)/b19-11+. The van der Waals surface area contributed by atoms with Crippen molar-refractivity contribution in [3.05, 3.63) is 66.2 Å². The van der Waals surface area contributed by atoms with E-state index < -0.39 is 0 Å². The maximum absolute atomic E-state index is 11.8. The summed E-state index contributed by atoms with van der Waals surface area (Å²) in [6.07, 6.45) is 1.41. The maximum Gasteiger partial charge on any atom is 0.250 e. The second kappa shape index (κ2) is 7.61. The van der Waals surface area contributed by atoms with Crippen LogP contribution in [-0.4, -0.2) is 28.0 Å². The minimum Gasteiger partial charge on any atom is -0.507 e. The summed E-state index contributed by atoms with van der Waals surface area (Å²) < 4.78 is 0. The minimum atomic E-state index is -0.235. The summed E-state index contributed by atoms with van der Waals surface area (Å²) in [5.41, 5.74) is 3.88. The zero-order chi connectivity index (χ0) is 16.8. The Balaban J connectivity index is 1.54. The van der Waals surface area contributed by atoms with Gasteiger partial charge in [0.1, 0.15) is 5.75 Å². The predicted molar refractivity (Wildman–Crippen MR) is 96.3 cm³/mol. The Labute approximate surface area is 143 Å². The number of thioether (sulfide) groups is 1. The van der Waals surface area contributed by atoms with E-state index in [1.165, 1.54) is 18.0 Å². The smallest absolute Gasteiger partial charge is 0.250 e. The number of aromatic nitrogens is 1. The van der Waals surface area contributed by atoms with Crippen molar-refractivity contribution in [3.63, 3.8) is 0 Å². The van der Waals surface area contributed by atoms with Gasteiger partial charge in [0.15, 0.2) is 0 Å². The van der Waals surface area contributed by atoms with Gasteiger partial charge in [0.2, 0.25) is 5.91 Å². The van der Waals surface area contributed by atoms with Crippen molar-refractivity contribution in [1.82, 2.24) is 10.4 Å². The van der Waals surface area contributed by atoms with Crippen molar-refractivity contribution in [3.8, 4) is 5.75 Å². The molecule has 0 aliphatic rings. The number of aromatic hydroxyl groups is 1. The third kappa shape index (κ3) is 4.11. The van der Waals surface area contributed by atoms with Crippen LogP contribution in [0.15, 0.2) is 70.8 Å². The highest BCUT2D eigenvalue weighted by Gasteiger charge is 2.04. The second-order valence-corrected chi connectivity index (χ2v) is 5.98. The van der Waals surface area contributed by atoms with E-state index in [0.717, 1.165) is 15.9 Å². The number of amides is 1. The number of phenolic OH excluding ortho intramolecular Hbond substituents is 1. The van der Waals surface area contributed by atoms with Gasteiger partial charge >= 0.3 is 0 Å². The highest BCUT2D eigenvalue weighted by atomic mass is 32.2. The first-order chi connectivity index (χ1) is 11.7. The molecule has 5 nitrogen and oxygen atoms in total. The van der Waals surface area contributed by atoms with Crippen LogP contribution in [0.5, 0.6) is 5.75 Å². The SMILES string of the molecule is O=C(CSc1ccc2ccccc2n1)N/N=C/c1ccccc1O. The van der Waals surface area contributed by atoms with E-state index in [1.54, 1.807) is 24.3 Å². The molecule has 0 spiro atoms. The van der Waals surface area contributed by atoms with Crippen LogP contribution in [-0.2, 0) is 4.79 Å². The largest absolute Gasteiger partial charge is 0.507 e. The van der Waals surface area contributed by atoms with E-state index in [-0.39, 0.29) is 17.4 Å². The molecule has 3 aromatic rings. The Bertz CT molecular complexity index is 896. The van der Waals surface area contributed by atoms with Gasteiger partial charge in [-0.25, -0.2) is 10.4 Å². The van der Waals surface area contributed by atoms with E-state index >= 15 is 0 Å². The zero-order valence-electron chi connectivity index (χ0n) is 12.7. The van der Waals surface area contributed by atoms with Gasteiger partial charge in [0.25, 0.3) is 0 Å². The number of hydrazone groups is 1. The highest BCUT2D eigenvalue weighted by Crippen LogP contribution is 2.19. The van der Waals surface area contributed by atoms with Crippen molar-refractivity contribution in [2.75, 3.05) is 5.75 Å². The predicted octanol–water partition coefficient (Wildman–Crippen LogP) is 3.18. The van der Waals surface area contributed by atoms with Gasteiger partial charge in [-0.2, -0.15) is 5.10 Å². The summed E-state index contributed by atoms with van der Waals surface area (Å²) in [6, 6.07) is 18.5. The summed E-state index contributed by atoms with van der Waals surface area (Å²) in [5.74, 6) is 0.0931. The number of rotatable bonds is 5. The van der Waals surface area contributed by atoms with Gasteiger partial charge in [-0.1, -0.05) is 48.2 Å². The number of hydrogen-bond acceptors (Lipinski definition) is 5. The fourth-order valence-corrected chi connectivity index (χ4v) is 2.74. The van der Waals surface area contributed by atoms with E-state index in [2.05, 4.69) is 15.5 Å². The average Bonchev–Trinajstić information content (AvgIpc) is 2.61. The number of phenols is 1. The average molecular weight is 337 g/mol. The molecule has 24 heavy (non-hydrogen) atoms. The molecule has 0 fully saturated rings. The van der Waals surface area contributed by atoms with Crippen LogP contribution in [0.2, 0.25) is 0 Å². The third-order valence-corrected chi connectivity index (χ3v) is 4.18. The first-order valence-corrected chi connectivity index (χ1v) is 8.29. The lowest BCUT2D eigenvalue weighted by Crippen LogP contribution is -2.19. The number of nitrogens with zero attached hydrogens (tertiary/aromatic N) is 2. The fraction of sp³-hybridized carbons (Fsp3) is 0.0556. The molecular weight excluding hydrogens is 322 g/mol. The molecule has 0 saturated heterocycles. The quantitative estimate of drug-likeness (QED) is 0.426. The Morgan fingerprint density at radius 3 is 2.79 bits per heavy atom. The number of para-hydroxylation sites is 2. The van der Waals surface area contributed by atoms with Crippen molar-refractivity contribution >= 4 is 34.8 Å². The van der Waals surface area contributed by atoms with Crippen LogP contribution in [0.25, 0.3) is 10.9 Å². The Kier molecular flexibility index (Phi) is 5.08. The molecule has 0 unspecified atom stereocenters. The Morgan fingerprint density at radius 2 is 1.92 bits per heavy atom. The van der Waals surface area contributed by atoms with E-state index in [1.807, 2.05) is 36.4 Å². The molecule has 0 aliphatic heterocycles. The fourth-order valence-electron chi connectivity index (χ4n) is 2.07. The van der Waals surface area contributed by atoms with Gasteiger partial charge < -0.3 is 5.11 Å². The van der Waals surface area contributed by atoms with Crippen LogP contribution in [0.1, 0.15) is 5.56 Å². The lowest BCUT2D eigenvalue weighted by molar-refractivity contribution is -0.118. The Morgan fingerprint density at radius 1 is 1.12 bits per heavy atom. The minimum absolute atomic E-state index is 0.116. The molecule has 0 bridgehead atoms. The monoisotopic (exact) mass is 337 g/mol. The number of fused-ring (bicyclic) bond motifs is 1. The van der Waals surface area contributed by atoms with Crippen LogP contribution >= 0.6 is 11.8 Å². The van der Waals surface area contributed by atoms with Crippen LogP contribution in [0.4, 0.5) is 0 Å². The van der Waals surface area contributed by atoms with Crippen molar-refractivity contribution in [1.29, 1.82) is 0 Å². The molecular formula is C18H15N3O2S. The summed E-state index contributed by atoms with van der Waals surface area (Å²) in [5, 5.41) is 15.3. The van der Waals surface area contributed by atoms with E-state index in [0.29, 0.717) is 5.56 Å². The van der Waals surface area contributed by atoms with E-state index in [9.17, 15) is 9.90 Å². The molecule has 3 rings (SSSR count). The van der Waals surface area contributed by atoms with E-state index in [4.69, 9.17) is 0 Å². The van der Waals surface area contributed by atoms with Gasteiger partial charge in [-0.3, -0.25) is 4.79 Å². The lowest BCUT2D eigenvalue weighted by Gasteiger charge is -2.02. The van der Waals surface area contributed by atoms with Crippen LogP contribution in [0.3, 0.4) is 0 Å². The van der Waals surface area contributed by atoms with Gasteiger partial charge in [0, 0.05) is 10.9 Å².